The van der Waals surface area contributed by atoms with Gasteiger partial charge in [0.15, 0.2) is 0 Å². The van der Waals surface area contributed by atoms with Gasteiger partial charge in [0.25, 0.3) is 0 Å². The van der Waals surface area contributed by atoms with Gasteiger partial charge in [-0.25, -0.2) is 4.98 Å². The first-order valence-electron chi connectivity index (χ1n) is 8.88. The molecular weight excluding hydrogens is 385 g/mol. The van der Waals surface area contributed by atoms with E-state index in [2.05, 4.69) is 30.8 Å². The van der Waals surface area contributed by atoms with Gasteiger partial charge in [0, 0.05) is 18.4 Å². The summed E-state index contributed by atoms with van der Waals surface area (Å²) < 4.78 is 38.2. The maximum absolute atomic E-state index is 12.7. The monoisotopic (exact) mass is 402 g/mol. The van der Waals surface area contributed by atoms with Crippen LogP contribution < -0.4 is 10.6 Å². The lowest BCUT2D eigenvalue weighted by atomic mass is 9.88. The number of nitrogens with zero attached hydrogens (tertiary/aromatic N) is 3. The van der Waals surface area contributed by atoms with Gasteiger partial charge in [0.2, 0.25) is 11.7 Å². The van der Waals surface area contributed by atoms with Gasteiger partial charge in [0.05, 0.1) is 11.3 Å². The van der Waals surface area contributed by atoms with Crippen LogP contribution in [0.25, 0.3) is 11.5 Å². The summed E-state index contributed by atoms with van der Waals surface area (Å²) in [6.45, 7) is 2.36. The first kappa shape index (κ1) is 18.9. The molecule has 29 heavy (non-hydrogen) atoms. The number of nitrogens with one attached hydrogen (secondary N) is 3. The van der Waals surface area contributed by atoms with Gasteiger partial charge >= 0.3 is 6.18 Å². The number of rotatable bonds is 4. The SMILES string of the molecule is C[C@]1(c2nc(-c3ncccc3Nc3ccc(C(F)(F)F)cc3)n[nH]2)CCNC1=O. The number of carbonyl (C=O) groups excluding carboxylic acids is 1. The fourth-order valence-corrected chi connectivity index (χ4v) is 3.16. The van der Waals surface area contributed by atoms with Crippen LogP contribution in [-0.4, -0.2) is 32.6 Å². The minimum atomic E-state index is -4.39. The smallest absolute Gasteiger partial charge is 0.355 e. The second-order valence-electron chi connectivity index (χ2n) is 6.95. The third-order valence-corrected chi connectivity index (χ3v) is 4.93. The Morgan fingerprint density at radius 2 is 1.93 bits per heavy atom. The highest BCUT2D eigenvalue weighted by atomic mass is 19.4. The number of aromatic amines is 1. The number of hydrogen-bond donors (Lipinski definition) is 3. The second kappa shape index (κ2) is 6.87. The summed E-state index contributed by atoms with van der Waals surface area (Å²) in [5, 5.41) is 12.8. The first-order chi connectivity index (χ1) is 13.8. The van der Waals surface area contributed by atoms with Crippen LogP contribution in [0.4, 0.5) is 24.5 Å². The van der Waals surface area contributed by atoms with Crippen LogP contribution in [0.5, 0.6) is 0 Å². The Kier molecular flexibility index (Phi) is 4.48. The number of H-pyrrole nitrogens is 1. The number of benzene rings is 1. The second-order valence-corrected chi connectivity index (χ2v) is 6.95. The molecule has 7 nitrogen and oxygen atoms in total. The zero-order valence-electron chi connectivity index (χ0n) is 15.3. The van der Waals surface area contributed by atoms with Crippen LogP contribution in [0.3, 0.4) is 0 Å². The van der Waals surface area contributed by atoms with Crippen molar-refractivity contribution in [2.75, 3.05) is 11.9 Å². The molecule has 1 aromatic carbocycles. The molecule has 3 heterocycles. The van der Waals surface area contributed by atoms with Gasteiger partial charge < -0.3 is 10.6 Å². The lowest BCUT2D eigenvalue weighted by Gasteiger charge is -2.16. The van der Waals surface area contributed by atoms with Gasteiger partial charge in [-0.3, -0.25) is 14.9 Å². The largest absolute Gasteiger partial charge is 0.416 e. The van der Waals surface area contributed by atoms with Gasteiger partial charge in [-0.1, -0.05) is 0 Å². The summed E-state index contributed by atoms with van der Waals surface area (Å²) >= 11 is 0. The normalized spacial score (nSPS) is 19.2. The molecular formula is C19H17F3N6O. The number of hydrogen-bond acceptors (Lipinski definition) is 5. The molecule has 4 rings (SSSR count). The van der Waals surface area contributed by atoms with E-state index in [9.17, 15) is 18.0 Å². The lowest BCUT2D eigenvalue weighted by Crippen LogP contribution is -2.33. The highest BCUT2D eigenvalue weighted by Gasteiger charge is 2.42. The zero-order valence-corrected chi connectivity index (χ0v) is 15.3. The molecule has 1 atom stereocenters. The number of anilines is 2. The van der Waals surface area contributed by atoms with E-state index in [-0.39, 0.29) is 11.7 Å². The summed E-state index contributed by atoms with van der Waals surface area (Å²) in [4.78, 5) is 20.9. The van der Waals surface area contributed by atoms with E-state index < -0.39 is 17.2 Å². The van der Waals surface area contributed by atoms with E-state index in [1.54, 1.807) is 25.3 Å². The van der Waals surface area contributed by atoms with Crippen LogP contribution in [0.2, 0.25) is 0 Å². The number of amides is 1. The Balaban J connectivity index is 1.62. The van der Waals surface area contributed by atoms with Crippen LogP contribution in [0.15, 0.2) is 42.6 Å². The van der Waals surface area contributed by atoms with E-state index >= 15 is 0 Å². The molecule has 150 valence electrons. The van der Waals surface area contributed by atoms with Crippen molar-refractivity contribution in [2.24, 2.45) is 0 Å². The Labute approximate surface area is 163 Å². The molecule has 1 aliphatic heterocycles. The Morgan fingerprint density at radius 3 is 2.59 bits per heavy atom. The van der Waals surface area contributed by atoms with Crippen LogP contribution in [0.1, 0.15) is 24.7 Å². The van der Waals surface area contributed by atoms with Gasteiger partial charge in [0.1, 0.15) is 16.9 Å². The van der Waals surface area contributed by atoms with Crippen LogP contribution >= 0.6 is 0 Å². The molecule has 1 fully saturated rings. The van der Waals surface area contributed by atoms with Crippen LogP contribution in [0, 0.1) is 0 Å². The fourth-order valence-electron chi connectivity index (χ4n) is 3.16. The van der Waals surface area contributed by atoms with E-state index in [0.717, 1.165) is 12.1 Å². The van der Waals surface area contributed by atoms with Crippen molar-refractivity contribution < 1.29 is 18.0 Å². The summed E-state index contributed by atoms with van der Waals surface area (Å²) in [6, 6.07) is 8.10. The summed E-state index contributed by atoms with van der Waals surface area (Å²) in [5.41, 5.74) is -0.113. The van der Waals surface area contributed by atoms with Gasteiger partial charge in [-0.05, 0) is 49.7 Å². The number of alkyl halides is 3. The Bertz CT molecular complexity index is 1050. The third-order valence-electron chi connectivity index (χ3n) is 4.93. The predicted octanol–water partition coefficient (Wildman–Crippen LogP) is 3.41. The molecule has 0 radical (unpaired) electrons. The van der Waals surface area contributed by atoms with E-state index in [0.29, 0.717) is 35.9 Å². The number of pyridine rings is 1. The highest BCUT2D eigenvalue weighted by molar-refractivity contribution is 5.89. The molecule has 0 bridgehead atoms. The molecule has 0 saturated carbocycles. The maximum atomic E-state index is 12.7. The van der Waals surface area contributed by atoms with Crippen molar-refractivity contribution in [3.05, 3.63) is 54.0 Å². The molecule has 0 aliphatic carbocycles. The Hall–Kier alpha value is -3.43. The molecule has 2 aromatic heterocycles. The molecule has 1 aliphatic rings. The van der Waals surface area contributed by atoms with Crippen molar-refractivity contribution >= 4 is 17.3 Å². The first-order valence-corrected chi connectivity index (χ1v) is 8.88. The molecule has 1 saturated heterocycles. The predicted molar refractivity (Wildman–Crippen MR) is 99.3 cm³/mol. The lowest BCUT2D eigenvalue weighted by molar-refractivity contribution is -0.137. The van der Waals surface area contributed by atoms with E-state index in [4.69, 9.17) is 0 Å². The number of aromatic nitrogens is 4. The molecule has 0 spiro atoms. The zero-order chi connectivity index (χ0) is 20.6. The summed E-state index contributed by atoms with van der Waals surface area (Å²) in [5.74, 6) is 0.605. The van der Waals surface area contributed by atoms with Crippen LogP contribution in [-0.2, 0) is 16.4 Å². The topological polar surface area (TPSA) is 95.6 Å². The maximum Gasteiger partial charge on any atom is 0.416 e. The average Bonchev–Trinajstić information content (AvgIpc) is 3.30. The minimum Gasteiger partial charge on any atom is -0.355 e. The molecule has 1 amide bonds. The van der Waals surface area contributed by atoms with Crippen molar-refractivity contribution in [3.8, 4) is 11.5 Å². The summed E-state index contributed by atoms with van der Waals surface area (Å²) in [6.07, 6.45) is -2.23. The third kappa shape index (κ3) is 3.53. The Morgan fingerprint density at radius 1 is 1.17 bits per heavy atom. The average molecular weight is 402 g/mol. The number of halogens is 3. The van der Waals surface area contributed by atoms with Crippen molar-refractivity contribution in [1.82, 2.24) is 25.5 Å². The standard InChI is InChI=1S/C19H17F3N6O/c1-18(8-10-24-17(18)29)16-26-15(27-28-16)14-13(3-2-9-23-14)25-12-6-4-11(5-7-12)19(20,21)22/h2-7,9,25H,8,10H2,1H3,(H,24,29)(H,26,27,28)/t18-/m1/s1. The van der Waals surface area contributed by atoms with E-state index in [1.165, 1.54) is 12.1 Å². The molecule has 0 unspecified atom stereocenters. The van der Waals surface area contributed by atoms with E-state index in [1.807, 2.05) is 0 Å². The molecule has 10 heteroatoms. The highest BCUT2D eigenvalue weighted by Crippen LogP contribution is 2.33. The van der Waals surface area contributed by atoms with Crippen molar-refractivity contribution in [1.29, 1.82) is 0 Å². The molecule has 3 aromatic rings. The quantitative estimate of drug-likeness (QED) is 0.622. The van der Waals surface area contributed by atoms with Crippen molar-refractivity contribution in [2.45, 2.75) is 24.9 Å². The van der Waals surface area contributed by atoms with Gasteiger partial charge in [-0.2, -0.15) is 18.3 Å². The van der Waals surface area contributed by atoms with Crippen molar-refractivity contribution in [3.63, 3.8) is 0 Å². The number of carbonyl (C=O) groups is 1. The summed E-state index contributed by atoms with van der Waals surface area (Å²) in [7, 11) is 0. The minimum absolute atomic E-state index is 0.121. The molecule has 3 N–H and O–H groups in total. The van der Waals surface area contributed by atoms with Gasteiger partial charge in [-0.15, -0.1) is 0 Å². The fraction of sp³-hybridized carbons (Fsp3) is 0.263.